The summed E-state index contributed by atoms with van der Waals surface area (Å²) in [6.07, 6.45) is 1.61. The Morgan fingerprint density at radius 1 is 1.07 bits per heavy atom. The number of benzene rings is 2. The summed E-state index contributed by atoms with van der Waals surface area (Å²) in [5.74, 6) is -3.21. The third-order valence-corrected chi connectivity index (χ3v) is 5.45. The van der Waals surface area contributed by atoms with Crippen molar-refractivity contribution in [2.75, 3.05) is 0 Å². The smallest absolute Gasteiger partial charge is 0.266 e. The quantitative estimate of drug-likeness (QED) is 0.507. The van der Waals surface area contributed by atoms with E-state index in [9.17, 15) is 24.6 Å². The zero-order valence-corrected chi connectivity index (χ0v) is 16.0. The number of thioether (sulfide) groups is 1. The molecule has 142 valence electrons. The van der Waals surface area contributed by atoms with Gasteiger partial charge in [-0.2, -0.15) is 0 Å². The topological polar surface area (TPSA) is 101 Å². The molecule has 1 amide bonds. The molecule has 3 rings (SSSR count). The van der Waals surface area contributed by atoms with Crippen molar-refractivity contribution in [2.24, 2.45) is 0 Å². The normalized spacial score (nSPS) is 16.4. The van der Waals surface area contributed by atoms with Crippen LogP contribution >= 0.6 is 24.0 Å². The number of amides is 1. The van der Waals surface area contributed by atoms with E-state index in [-0.39, 0.29) is 21.2 Å². The third kappa shape index (κ3) is 4.29. The van der Waals surface area contributed by atoms with E-state index in [1.165, 1.54) is 30.3 Å². The van der Waals surface area contributed by atoms with Crippen LogP contribution in [-0.2, 0) is 16.0 Å². The van der Waals surface area contributed by atoms with Crippen LogP contribution in [0.2, 0.25) is 0 Å². The number of nitrogens with zero attached hydrogens (tertiary/aromatic N) is 1. The lowest BCUT2D eigenvalue weighted by Gasteiger charge is -2.27. The minimum atomic E-state index is -1.39. The Bertz CT molecular complexity index is 970. The van der Waals surface area contributed by atoms with Gasteiger partial charge in [-0.25, -0.2) is 0 Å². The van der Waals surface area contributed by atoms with Crippen molar-refractivity contribution in [3.8, 4) is 0 Å². The highest BCUT2D eigenvalue weighted by Crippen LogP contribution is 2.34. The van der Waals surface area contributed by atoms with Gasteiger partial charge in [0.2, 0.25) is 0 Å². The number of carboxylic acids is 2. The summed E-state index contributed by atoms with van der Waals surface area (Å²) in [4.78, 5) is 36.6. The van der Waals surface area contributed by atoms with E-state index in [4.69, 9.17) is 12.2 Å². The number of carbonyl (C=O) groups is 3. The van der Waals surface area contributed by atoms with Crippen molar-refractivity contribution in [2.45, 2.75) is 12.5 Å². The Labute approximate surface area is 170 Å². The van der Waals surface area contributed by atoms with E-state index in [1.807, 2.05) is 6.07 Å². The second-order valence-electron chi connectivity index (χ2n) is 5.99. The summed E-state index contributed by atoms with van der Waals surface area (Å²) >= 11 is 6.22. The molecule has 0 aliphatic carbocycles. The first-order valence-corrected chi connectivity index (χ1v) is 9.42. The summed E-state index contributed by atoms with van der Waals surface area (Å²) in [6, 6.07) is 13.5. The molecule has 8 heteroatoms. The molecule has 2 aromatic carbocycles. The molecule has 1 saturated heterocycles. The molecule has 0 saturated carbocycles. The fraction of sp³-hybridized carbons (Fsp3) is 0.100. The van der Waals surface area contributed by atoms with Gasteiger partial charge in [-0.15, -0.1) is 0 Å². The maximum absolute atomic E-state index is 12.8. The third-order valence-electron chi connectivity index (χ3n) is 4.12. The number of rotatable bonds is 6. The van der Waals surface area contributed by atoms with Crippen LogP contribution in [0.3, 0.4) is 0 Å². The van der Waals surface area contributed by atoms with Crippen LogP contribution < -0.4 is 10.2 Å². The Balaban J connectivity index is 1.85. The van der Waals surface area contributed by atoms with E-state index in [0.29, 0.717) is 5.56 Å². The Morgan fingerprint density at radius 3 is 2.29 bits per heavy atom. The standard InChI is InChI=1S/C20H15NO5S2/c22-17-16(11-13-6-8-14(9-7-13)18(23)24)28-20(27)21(17)15(19(25)26)10-12-4-2-1-3-5-12/h1-9,11,15H,10H2,(H,23,24)(H,25,26)/p-2/b16-11-/t15-/m1/s1. The molecule has 1 heterocycles. The highest BCUT2D eigenvalue weighted by Gasteiger charge is 2.37. The first kappa shape index (κ1) is 19.8. The minimum absolute atomic E-state index is 0.0181. The second kappa shape index (κ2) is 8.37. The van der Waals surface area contributed by atoms with Crippen molar-refractivity contribution in [1.82, 2.24) is 4.90 Å². The zero-order chi connectivity index (χ0) is 20.3. The lowest BCUT2D eigenvalue weighted by atomic mass is 10.0. The van der Waals surface area contributed by atoms with Gasteiger partial charge in [-0.1, -0.05) is 78.6 Å². The maximum atomic E-state index is 12.8. The monoisotopic (exact) mass is 411 g/mol. The van der Waals surface area contributed by atoms with E-state index in [2.05, 4.69) is 0 Å². The number of hydrogen-bond acceptors (Lipinski definition) is 7. The highest BCUT2D eigenvalue weighted by molar-refractivity contribution is 8.26. The molecule has 0 radical (unpaired) electrons. The van der Waals surface area contributed by atoms with E-state index >= 15 is 0 Å². The van der Waals surface area contributed by atoms with Crippen LogP contribution in [0.15, 0.2) is 59.5 Å². The van der Waals surface area contributed by atoms with Crippen LogP contribution in [0.25, 0.3) is 6.08 Å². The minimum Gasteiger partial charge on any atom is -0.548 e. The van der Waals surface area contributed by atoms with Gasteiger partial charge in [0, 0.05) is 0 Å². The molecular weight excluding hydrogens is 398 g/mol. The van der Waals surface area contributed by atoms with Crippen LogP contribution in [0.1, 0.15) is 21.5 Å². The molecule has 28 heavy (non-hydrogen) atoms. The Hall–Kier alpha value is -2.97. The predicted molar refractivity (Wildman–Crippen MR) is 105 cm³/mol. The van der Waals surface area contributed by atoms with Gasteiger partial charge in [0.1, 0.15) is 4.32 Å². The number of aliphatic carboxylic acids is 1. The van der Waals surface area contributed by atoms with Gasteiger partial charge in [0.05, 0.1) is 22.9 Å². The van der Waals surface area contributed by atoms with Crippen LogP contribution in [0.5, 0.6) is 0 Å². The largest absolute Gasteiger partial charge is 0.548 e. The Morgan fingerprint density at radius 2 is 1.71 bits per heavy atom. The molecule has 6 nitrogen and oxygen atoms in total. The van der Waals surface area contributed by atoms with Crippen molar-refractivity contribution < 1.29 is 24.6 Å². The van der Waals surface area contributed by atoms with Gasteiger partial charge in [0.25, 0.3) is 5.91 Å². The average molecular weight is 411 g/mol. The van der Waals surface area contributed by atoms with E-state index in [1.54, 1.807) is 24.3 Å². The second-order valence-corrected chi connectivity index (χ2v) is 7.66. The van der Waals surface area contributed by atoms with Gasteiger partial charge in [0.15, 0.2) is 0 Å². The van der Waals surface area contributed by atoms with Gasteiger partial charge in [-0.05, 0) is 29.2 Å². The number of hydrogen-bond donors (Lipinski definition) is 0. The molecule has 1 aliphatic rings. The van der Waals surface area contributed by atoms with Crippen molar-refractivity contribution in [1.29, 1.82) is 0 Å². The fourth-order valence-electron chi connectivity index (χ4n) is 2.73. The summed E-state index contributed by atoms with van der Waals surface area (Å²) in [7, 11) is 0. The van der Waals surface area contributed by atoms with E-state index < -0.39 is 23.9 Å². The van der Waals surface area contributed by atoms with Crippen LogP contribution in [0, 0.1) is 0 Å². The first-order valence-electron chi connectivity index (χ1n) is 8.20. The summed E-state index contributed by atoms with van der Waals surface area (Å²) < 4.78 is 0.132. The van der Waals surface area contributed by atoms with Crippen molar-refractivity contribution in [3.05, 3.63) is 76.2 Å². The van der Waals surface area contributed by atoms with Crippen molar-refractivity contribution in [3.63, 3.8) is 0 Å². The van der Waals surface area contributed by atoms with Gasteiger partial charge in [-0.3, -0.25) is 9.69 Å². The summed E-state index contributed by atoms with van der Waals surface area (Å²) in [5.41, 5.74) is 1.34. The molecule has 1 atom stereocenters. The number of carboxylic acid groups (broad SMARTS) is 2. The van der Waals surface area contributed by atoms with Crippen LogP contribution in [-0.4, -0.2) is 33.1 Å². The molecule has 0 bridgehead atoms. The maximum Gasteiger partial charge on any atom is 0.266 e. The molecule has 0 spiro atoms. The lowest BCUT2D eigenvalue weighted by Crippen LogP contribution is -2.51. The first-order chi connectivity index (χ1) is 13.4. The number of aromatic carboxylic acids is 1. The average Bonchev–Trinajstić information content (AvgIpc) is 2.94. The summed E-state index contributed by atoms with van der Waals surface area (Å²) in [6.45, 7) is 0. The van der Waals surface area contributed by atoms with Gasteiger partial charge < -0.3 is 19.8 Å². The SMILES string of the molecule is O=C([O-])c1ccc(/C=C2\SC(=S)N([C@H](Cc3ccccc3)C(=O)[O-])C2=O)cc1. The lowest BCUT2D eigenvalue weighted by molar-refractivity contribution is -0.310. The molecule has 0 aromatic heterocycles. The number of thiocarbonyl (C=S) groups is 1. The van der Waals surface area contributed by atoms with Gasteiger partial charge >= 0.3 is 0 Å². The molecule has 1 aliphatic heterocycles. The molecule has 1 fully saturated rings. The molecule has 2 aromatic rings. The summed E-state index contributed by atoms with van der Waals surface area (Å²) in [5, 5.41) is 22.5. The fourth-order valence-corrected chi connectivity index (χ4v) is 4.09. The molecular formula is C20H13NO5S2-2. The Kier molecular flexibility index (Phi) is 5.91. The zero-order valence-electron chi connectivity index (χ0n) is 14.4. The highest BCUT2D eigenvalue weighted by atomic mass is 32.2. The molecule has 0 N–H and O–H groups in total. The predicted octanol–water partition coefficient (Wildman–Crippen LogP) is 0.612. The van der Waals surface area contributed by atoms with Crippen LogP contribution in [0.4, 0.5) is 0 Å². The molecule has 0 unspecified atom stereocenters. The van der Waals surface area contributed by atoms with Crippen molar-refractivity contribution >= 4 is 52.2 Å². The van der Waals surface area contributed by atoms with E-state index in [0.717, 1.165) is 22.2 Å². The number of carbonyl (C=O) groups excluding carboxylic acids is 3.